The van der Waals surface area contributed by atoms with Crippen LogP contribution in [0.2, 0.25) is 11.3 Å². The van der Waals surface area contributed by atoms with Gasteiger partial charge in [0.05, 0.1) is 5.56 Å². The minimum atomic E-state index is -4.34. The zero-order valence-corrected chi connectivity index (χ0v) is 17.0. The van der Waals surface area contributed by atoms with Gasteiger partial charge in [-0.25, -0.2) is 0 Å². The van der Waals surface area contributed by atoms with Gasteiger partial charge >= 0.3 is 19.4 Å². The maximum Gasteiger partial charge on any atom is 0.451 e. The second kappa shape index (κ2) is 15.5. The third kappa shape index (κ3) is 14.3. The minimum Gasteiger partial charge on any atom is -0.427 e. The fourth-order valence-corrected chi connectivity index (χ4v) is 3.11. The topological polar surface area (TPSA) is 101 Å². The molecule has 0 spiro atoms. The number of alkyl halides is 3. The Morgan fingerprint density at radius 2 is 1.59 bits per heavy atom. The first-order valence-electron chi connectivity index (χ1n) is 9.58. The fourth-order valence-electron chi connectivity index (χ4n) is 2.90. The van der Waals surface area contributed by atoms with E-state index >= 15 is 0 Å². The van der Waals surface area contributed by atoms with Gasteiger partial charge in [0.2, 0.25) is 0 Å². The third-order valence-corrected chi connectivity index (χ3v) is 4.80. The summed E-state index contributed by atoms with van der Waals surface area (Å²) in [6, 6.07) is 3.58. The summed E-state index contributed by atoms with van der Waals surface area (Å²) in [4.78, 5) is 16.2. The van der Waals surface area contributed by atoms with E-state index in [-0.39, 0.29) is 12.2 Å². The molecule has 0 aliphatic carbocycles. The first-order valence-corrected chi connectivity index (χ1v) is 9.96. The standard InChI is InChI=1S/C18H28BClF3NO2.CO2/c20-17-11-10-15(18(21,22)23)13-14(17)7-3-1-2-4-8-16(24)9-5-6-12-19(25)26;2-1-3/h10-11,13,16,25-26H,1-9,12,24H2;. The van der Waals surface area contributed by atoms with Crippen molar-refractivity contribution in [1.82, 2.24) is 0 Å². The molecule has 10 heteroatoms. The SMILES string of the molecule is NC(CCCCCCc1cc(C(F)(F)F)ccc1Cl)CCCCB(O)O.O=C=O. The summed E-state index contributed by atoms with van der Waals surface area (Å²) < 4.78 is 38.2. The monoisotopic (exact) mass is 437 g/mol. The van der Waals surface area contributed by atoms with Gasteiger partial charge in [-0.05, 0) is 55.8 Å². The van der Waals surface area contributed by atoms with Crippen LogP contribution in [0.15, 0.2) is 18.2 Å². The number of halogens is 4. The highest BCUT2D eigenvalue weighted by molar-refractivity contribution is 6.40. The fraction of sp³-hybridized carbons (Fsp3) is 0.632. The first kappa shape index (κ1) is 27.6. The lowest BCUT2D eigenvalue weighted by atomic mass is 9.83. The van der Waals surface area contributed by atoms with Crippen LogP contribution in [0.3, 0.4) is 0 Å². The molecule has 0 saturated carbocycles. The van der Waals surface area contributed by atoms with Crippen molar-refractivity contribution in [1.29, 1.82) is 0 Å². The molecule has 164 valence electrons. The molecule has 0 fully saturated rings. The highest BCUT2D eigenvalue weighted by Crippen LogP contribution is 2.32. The summed E-state index contributed by atoms with van der Waals surface area (Å²) in [6.07, 6.45) is 3.93. The molecule has 0 aromatic heterocycles. The number of rotatable bonds is 12. The van der Waals surface area contributed by atoms with Gasteiger partial charge in [0.15, 0.2) is 0 Å². The Balaban J connectivity index is 0.00000245. The van der Waals surface area contributed by atoms with Crippen LogP contribution < -0.4 is 5.73 Å². The van der Waals surface area contributed by atoms with Crippen LogP contribution in [0.1, 0.15) is 62.5 Å². The van der Waals surface area contributed by atoms with Crippen molar-refractivity contribution in [3.05, 3.63) is 34.3 Å². The van der Waals surface area contributed by atoms with Gasteiger partial charge in [-0.2, -0.15) is 22.8 Å². The van der Waals surface area contributed by atoms with E-state index in [0.29, 0.717) is 23.3 Å². The molecule has 0 aliphatic rings. The highest BCUT2D eigenvalue weighted by atomic mass is 35.5. The van der Waals surface area contributed by atoms with Crippen LogP contribution in [0.25, 0.3) is 0 Å². The van der Waals surface area contributed by atoms with Crippen LogP contribution in [0.4, 0.5) is 13.2 Å². The number of aryl methyl sites for hydroxylation is 1. The molecule has 5 nitrogen and oxygen atoms in total. The molecule has 0 aliphatic heterocycles. The van der Waals surface area contributed by atoms with Gasteiger partial charge in [0, 0.05) is 11.1 Å². The summed E-state index contributed by atoms with van der Waals surface area (Å²) in [5, 5.41) is 17.9. The average molecular weight is 438 g/mol. The molecule has 4 N–H and O–H groups in total. The maximum atomic E-state index is 12.7. The smallest absolute Gasteiger partial charge is 0.427 e. The van der Waals surface area contributed by atoms with Gasteiger partial charge < -0.3 is 15.8 Å². The lowest BCUT2D eigenvalue weighted by Crippen LogP contribution is -2.19. The Kier molecular flexibility index (Phi) is 14.7. The average Bonchev–Trinajstić information content (AvgIpc) is 2.62. The number of nitrogens with two attached hydrogens (primary N) is 1. The summed E-state index contributed by atoms with van der Waals surface area (Å²) in [7, 11) is -1.24. The molecule has 1 atom stereocenters. The largest absolute Gasteiger partial charge is 0.451 e. The molecule has 0 heterocycles. The van der Waals surface area contributed by atoms with E-state index in [2.05, 4.69) is 0 Å². The van der Waals surface area contributed by atoms with Crippen LogP contribution in [-0.4, -0.2) is 29.4 Å². The highest BCUT2D eigenvalue weighted by Gasteiger charge is 2.30. The van der Waals surface area contributed by atoms with Crippen molar-refractivity contribution in [3.63, 3.8) is 0 Å². The summed E-state index contributed by atoms with van der Waals surface area (Å²) in [5.41, 5.74) is 5.91. The number of unbranched alkanes of at least 4 members (excludes halogenated alkanes) is 4. The second-order valence-corrected chi connectivity index (χ2v) is 7.27. The van der Waals surface area contributed by atoms with Crippen molar-refractivity contribution >= 4 is 24.9 Å². The third-order valence-electron chi connectivity index (χ3n) is 4.43. The Hall–Kier alpha value is -1.38. The molecule has 0 amide bonds. The van der Waals surface area contributed by atoms with E-state index in [1.165, 1.54) is 6.07 Å². The van der Waals surface area contributed by atoms with Crippen LogP contribution >= 0.6 is 11.6 Å². The van der Waals surface area contributed by atoms with Crippen molar-refractivity contribution in [3.8, 4) is 0 Å². The van der Waals surface area contributed by atoms with E-state index in [1.54, 1.807) is 0 Å². The summed E-state index contributed by atoms with van der Waals surface area (Å²) in [6.45, 7) is 0. The van der Waals surface area contributed by atoms with E-state index in [4.69, 9.17) is 37.0 Å². The first-order chi connectivity index (χ1) is 13.6. The normalized spacial score (nSPS) is 12.0. The van der Waals surface area contributed by atoms with E-state index in [1.807, 2.05) is 0 Å². The Morgan fingerprint density at radius 3 is 2.14 bits per heavy atom. The van der Waals surface area contributed by atoms with Crippen molar-refractivity contribution in [2.24, 2.45) is 5.73 Å². The number of benzene rings is 1. The molecule has 0 saturated heterocycles. The number of hydrogen-bond acceptors (Lipinski definition) is 5. The molecule has 0 bridgehead atoms. The van der Waals surface area contributed by atoms with Gasteiger partial charge in [-0.3, -0.25) is 0 Å². The molecule has 1 aromatic carbocycles. The van der Waals surface area contributed by atoms with Gasteiger partial charge in [0.1, 0.15) is 0 Å². The molecule has 0 radical (unpaired) electrons. The van der Waals surface area contributed by atoms with Crippen molar-refractivity contribution in [2.75, 3.05) is 0 Å². The second-order valence-electron chi connectivity index (χ2n) is 6.87. The Labute approximate surface area is 174 Å². The minimum absolute atomic E-state index is 0.115. The van der Waals surface area contributed by atoms with Crippen LogP contribution in [0, 0.1) is 0 Å². The van der Waals surface area contributed by atoms with Gasteiger partial charge in [0.25, 0.3) is 0 Å². The molecule has 1 rings (SSSR count). The van der Waals surface area contributed by atoms with Crippen LogP contribution in [-0.2, 0) is 22.2 Å². The van der Waals surface area contributed by atoms with Crippen molar-refractivity contribution < 1.29 is 32.8 Å². The molecule has 1 unspecified atom stereocenters. The molecular weight excluding hydrogens is 409 g/mol. The zero-order chi connectivity index (χ0) is 22.3. The summed E-state index contributed by atoms with van der Waals surface area (Å²) >= 11 is 5.99. The van der Waals surface area contributed by atoms with Gasteiger partial charge in [-0.1, -0.05) is 43.7 Å². The Morgan fingerprint density at radius 1 is 1.03 bits per heavy atom. The van der Waals surface area contributed by atoms with E-state index < -0.39 is 18.9 Å². The Bertz CT molecular complexity index is 612. The lowest BCUT2D eigenvalue weighted by molar-refractivity contribution is -0.191. The zero-order valence-electron chi connectivity index (χ0n) is 16.3. The quantitative estimate of drug-likeness (QED) is 0.335. The van der Waals surface area contributed by atoms with E-state index in [0.717, 1.165) is 63.5 Å². The summed E-state index contributed by atoms with van der Waals surface area (Å²) in [5.74, 6) is 0. The van der Waals surface area contributed by atoms with Crippen molar-refractivity contribution in [2.45, 2.75) is 76.3 Å². The predicted molar refractivity (Wildman–Crippen MR) is 105 cm³/mol. The van der Waals surface area contributed by atoms with Gasteiger partial charge in [-0.15, -0.1) is 0 Å². The molecule has 29 heavy (non-hydrogen) atoms. The molecule has 1 aromatic rings. The number of carbonyl (C=O) groups excluding carboxylic acids is 2. The van der Waals surface area contributed by atoms with Crippen LogP contribution in [0.5, 0.6) is 0 Å². The number of hydrogen-bond donors (Lipinski definition) is 3. The van der Waals surface area contributed by atoms with E-state index in [9.17, 15) is 13.2 Å². The maximum absolute atomic E-state index is 12.7. The lowest BCUT2D eigenvalue weighted by Gasteiger charge is -2.12. The predicted octanol–water partition coefficient (Wildman–Crippen LogP) is 4.24. The molecular formula is C19H28BClF3NO4.